The van der Waals surface area contributed by atoms with Crippen molar-refractivity contribution in [2.75, 3.05) is 7.11 Å². The number of H-pyrrole nitrogens is 1. The van der Waals surface area contributed by atoms with Crippen LogP contribution < -0.4 is 5.56 Å². The number of nitrogens with zero attached hydrogens (tertiary/aromatic N) is 1. The van der Waals surface area contributed by atoms with E-state index < -0.39 is 0 Å². The summed E-state index contributed by atoms with van der Waals surface area (Å²) in [5.74, 6) is 0.359. The second kappa shape index (κ2) is 11.1. The maximum absolute atomic E-state index is 13.1. The Morgan fingerprint density at radius 2 is 1.82 bits per heavy atom. The molecule has 0 saturated heterocycles. The first kappa shape index (κ1) is 23.6. The van der Waals surface area contributed by atoms with Crippen LogP contribution in [0.1, 0.15) is 57.6 Å². The summed E-state index contributed by atoms with van der Waals surface area (Å²) in [5.41, 5.74) is 4.85. The maximum Gasteiger partial charge on any atom is 0.338 e. The van der Waals surface area contributed by atoms with Gasteiger partial charge in [0.25, 0.3) is 5.56 Å². The minimum atomic E-state index is -0.361. The Kier molecular flexibility index (Phi) is 7.70. The molecule has 1 N–H and O–H groups in total. The van der Waals surface area contributed by atoms with Crippen LogP contribution in [0.4, 0.5) is 0 Å². The van der Waals surface area contributed by atoms with Crippen LogP contribution in [0.5, 0.6) is 0 Å². The smallest absolute Gasteiger partial charge is 0.338 e. The topological polar surface area (TPSA) is 72.0 Å². The molecule has 174 valence electrons. The Bertz CT molecular complexity index is 1310. The average molecular weight is 473 g/mol. The predicted octanol–water partition coefficient (Wildman–Crippen LogP) is 5.81. The van der Waals surface area contributed by atoms with Crippen LogP contribution in [-0.4, -0.2) is 23.0 Å². The Morgan fingerprint density at radius 1 is 1.03 bits per heavy atom. The number of thiophene rings is 1. The Hall–Kier alpha value is -3.51. The molecule has 6 heteroatoms. The van der Waals surface area contributed by atoms with E-state index >= 15 is 0 Å². The highest BCUT2D eigenvalue weighted by molar-refractivity contribution is 7.09. The number of hydrogen-bond acceptors (Lipinski definition) is 5. The van der Waals surface area contributed by atoms with Crippen molar-refractivity contribution in [1.29, 1.82) is 0 Å². The highest BCUT2D eigenvalue weighted by Crippen LogP contribution is 2.25. The molecule has 0 bridgehead atoms. The van der Waals surface area contributed by atoms with E-state index in [2.05, 4.69) is 18.0 Å². The van der Waals surface area contributed by atoms with Crippen molar-refractivity contribution >= 4 is 17.3 Å². The molecule has 0 radical (unpaired) electrons. The second-order valence-electron chi connectivity index (χ2n) is 8.21. The lowest BCUT2D eigenvalue weighted by Crippen LogP contribution is -2.21. The Labute approximate surface area is 203 Å². The van der Waals surface area contributed by atoms with Crippen LogP contribution in [0.25, 0.3) is 11.1 Å². The van der Waals surface area contributed by atoms with Crippen molar-refractivity contribution < 1.29 is 9.53 Å². The van der Waals surface area contributed by atoms with Gasteiger partial charge in [0.2, 0.25) is 0 Å². The Balaban J connectivity index is 1.61. The van der Waals surface area contributed by atoms with Crippen molar-refractivity contribution in [2.45, 2.75) is 39.0 Å². The van der Waals surface area contributed by atoms with E-state index in [1.54, 1.807) is 17.4 Å². The van der Waals surface area contributed by atoms with E-state index in [-0.39, 0.29) is 11.5 Å². The first-order chi connectivity index (χ1) is 16.6. The lowest BCUT2D eigenvalue weighted by molar-refractivity contribution is 0.0601. The van der Waals surface area contributed by atoms with Crippen molar-refractivity contribution in [3.05, 3.63) is 109 Å². The summed E-state index contributed by atoms with van der Waals surface area (Å²) in [4.78, 5) is 34.2. The highest BCUT2D eigenvalue weighted by Gasteiger charge is 2.15. The third-order valence-electron chi connectivity index (χ3n) is 5.82. The molecule has 0 amide bonds. The third-order valence-corrected chi connectivity index (χ3v) is 6.69. The normalized spacial score (nSPS) is 10.9. The summed E-state index contributed by atoms with van der Waals surface area (Å²) in [6, 6.07) is 19.4. The molecule has 0 aliphatic heterocycles. The monoisotopic (exact) mass is 472 g/mol. The summed E-state index contributed by atoms with van der Waals surface area (Å²) in [7, 11) is 1.38. The van der Waals surface area contributed by atoms with Gasteiger partial charge in [-0.2, -0.15) is 0 Å². The lowest BCUT2D eigenvalue weighted by Gasteiger charge is -2.12. The van der Waals surface area contributed by atoms with Gasteiger partial charge in [0.15, 0.2) is 0 Å². The van der Waals surface area contributed by atoms with Gasteiger partial charge in [-0.1, -0.05) is 61.9 Å². The van der Waals surface area contributed by atoms with Gasteiger partial charge in [-0.3, -0.25) is 4.79 Å². The molecule has 0 aliphatic rings. The molecule has 0 saturated carbocycles. The van der Waals surface area contributed by atoms with Crippen LogP contribution >= 0.6 is 11.3 Å². The van der Waals surface area contributed by atoms with Crippen molar-refractivity contribution in [3.8, 4) is 11.1 Å². The van der Waals surface area contributed by atoms with Crippen LogP contribution in [0.3, 0.4) is 0 Å². The van der Waals surface area contributed by atoms with Gasteiger partial charge in [-0.05, 0) is 47.0 Å². The molecule has 4 aromatic rings. The number of hydrogen-bond donors (Lipinski definition) is 1. The fourth-order valence-corrected chi connectivity index (χ4v) is 4.73. The summed E-state index contributed by atoms with van der Waals surface area (Å²) >= 11 is 1.67. The van der Waals surface area contributed by atoms with E-state index in [0.717, 1.165) is 53.0 Å². The van der Waals surface area contributed by atoms with Gasteiger partial charge >= 0.3 is 5.97 Å². The summed E-state index contributed by atoms with van der Waals surface area (Å²) in [6.45, 7) is 2.14. The molecular weight excluding hydrogens is 444 g/mol. The van der Waals surface area contributed by atoms with Crippen LogP contribution in [0.15, 0.2) is 70.8 Å². The minimum absolute atomic E-state index is 0.0622. The van der Waals surface area contributed by atoms with E-state index in [4.69, 9.17) is 9.72 Å². The molecule has 0 atom stereocenters. The van der Waals surface area contributed by atoms with Crippen LogP contribution in [0, 0.1) is 0 Å². The number of esters is 1. The van der Waals surface area contributed by atoms with Gasteiger partial charge in [0, 0.05) is 23.3 Å². The van der Waals surface area contributed by atoms with Gasteiger partial charge < -0.3 is 9.72 Å². The molecule has 2 heterocycles. The second-order valence-corrected chi connectivity index (χ2v) is 9.24. The molecule has 0 unspecified atom stereocenters. The number of benzene rings is 2. The first-order valence-corrected chi connectivity index (χ1v) is 12.4. The first-order valence-electron chi connectivity index (χ1n) is 11.5. The minimum Gasteiger partial charge on any atom is -0.465 e. The summed E-state index contributed by atoms with van der Waals surface area (Å²) in [5, 5.41) is 2.03. The fourth-order valence-electron chi connectivity index (χ4n) is 4.02. The number of unbranched alkanes of at least 4 members (excludes halogenated alkanes) is 1. The molecule has 0 fully saturated rings. The number of nitrogens with one attached hydrogen (secondary N) is 1. The lowest BCUT2D eigenvalue weighted by atomic mass is 9.96. The standard InChI is InChI=1S/C28H28N2O3S/c1-3-4-11-25-24(27(31)30-26(29-25)18-21-8-7-16-34-21)17-19-12-14-20(15-13-19)22-9-5-6-10-23(22)28(32)33-2/h5-10,12-16H,3-4,11,17-18H2,1-2H3,(H,29,30,31). The molecule has 0 aliphatic carbocycles. The number of aromatic amines is 1. The van der Waals surface area contributed by atoms with E-state index in [1.807, 2.05) is 53.9 Å². The quantitative estimate of drug-likeness (QED) is 0.312. The predicted molar refractivity (Wildman–Crippen MR) is 137 cm³/mol. The Morgan fingerprint density at radius 3 is 2.53 bits per heavy atom. The molecule has 2 aromatic carbocycles. The van der Waals surface area contributed by atoms with Crippen LogP contribution in [0.2, 0.25) is 0 Å². The van der Waals surface area contributed by atoms with E-state index in [9.17, 15) is 9.59 Å². The zero-order valence-corrected chi connectivity index (χ0v) is 20.3. The van der Waals surface area contributed by atoms with E-state index in [1.165, 1.54) is 12.0 Å². The number of aromatic nitrogens is 2. The fraction of sp³-hybridized carbons (Fsp3) is 0.250. The number of carbonyl (C=O) groups excluding carboxylic acids is 1. The zero-order valence-electron chi connectivity index (χ0n) is 19.5. The zero-order chi connectivity index (χ0) is 23.9. The van der Waals surface area contributed by atoms with Crippen LogP contribution in [-0.2, 0) is 24.0 Å². The highest BCUT2D eigenvalue weighted by atomic mass is 32.1. The third kappa shape index (κ3) is 5.51. The molecule has 34 heavy (non-hydrogen) atoms. The van der Waals surface area contributed by atoms with Crippen molar-refractivity contribution in [2.24, 2.45) is 0 Å². The van der Waals surface area contributed by atoms with Crippen molar-refractivity contribution in [3.63, 3.8) is 0 Å². The summed E-state index contributed by atoms with van der Waals surface area (Å²) < 4.78 is 4.92. The number of carbonyl (C=O) groups is 1. The van der Waals surface area contributed by atoms with Gasteiger partial charge in [-0.25, -0.2) is 9.78 Å². The molecular formula is C28H28N2O3S. The SMILES string of the molecule is CCCCc1nc(Cc2cccs2)[nH]c(=O)c1Cc1ccc(-c2ccccc2C(=O)OC)cc1. The number of methoxy groups -OCH3 is 1. The van der Waals surface area contributed by atoms with Crippen molar-refractivity contribution in [1.82, 2.24) is 9.97 Å². The van der Waals surface area contributed by atoms with E-state index in [0.29, 0.717) is 18.4 Å². The maximum atomic E-state index is 13.1. The number of aryl methyl sites for hydroxylation is 1. The number of rotatable bonds is 9. The van der Waals surface area contributed by atoms with Gasteiger partial charge in [0.1, 0.15) is 5.82 Å². The number of ether oxygens (including phenoxy) is 1. The molecule has 2 aromatic heterocycles. The average Bonchev–Trinajstić information content (AvgIpc) is 3.37. The molecule has 4 rings (SSSR count). The van der Waals surface area contributed by atoms with Gasteiger partial charge in [-0.15, -0.1) is 11.3 Å². The van der Waals surface area contributed by atoms with Gasteiger partial charge in [0.05, 0.1) is 18.4 Å². The summed E-state index contributed by atoms with van der Waals surface area (Å²) in [6.07, 6.45) is 3.98. The molecule has 5 nitrogen and oxygen atoms in total. The largest absolute Gasteiger partial charge is 0.465 e. The molecule has 0 spiro atoms.